The number of fused-ring (bicyclic) bond motifs is 2. The summed E-state index contributed by atoms with van der Waals surface area (Å²) in [6.45, 7) is 0. The molecule has 6 aromatic rings. The van der Waals surface area contributed by atoms with E-state index in [9.17, 15) is 5.11 Å². The van der Waals surface area contributed by atoms with Gasteiger partial charge in [-0.3, -0.25) is 20.1 Å². The molecule has 0 amide bonds. The van der Waals surface area contributed by atoms with E-state index in [1.807, 2.05) is 48.9 Å². The number of pyridine rings is 3. The van der Waals surface area contributed by atoms with Crippen LogP contribution in [0.4, 0.5) is 5.69 Å². The molecule has 1 atom stereocenters. The molecule has 0 aliphatic heterocycles. The van der Waals surface area contributed by atoms with Crippen LogP contribution >= 0.6 is 0 Å². The number of rotatable bonds is 6. The smallest absolute Gasteiger partial charge is 0.159 e. The lowest BCUT2D eigenvalue weighted by Gasteiger charge is -2.27. The van der Waals surface area contributed by atoms with Gasteiger partial charge in [-0.05, 0) is 42.7 Å². The van der Waals surface area contributed by atoms with Gasteiger partial charge in [-0.25, -0.2) is 4.98 Å². The van der Waals surface area contributed by atoms with E-state index in [0.717, 1.165) is 68.4 Å². The molecule has 194 valence electrons. The van der Waals surface area contributed by atoms with Crippen LogP contribution in [0.3, 0.4) is 0 Å². The molecule has 39 heavy (non-hydrogen) atoms. The van der Waals surface area contributed by atoms with E-state index in [4.69, 9.17) is 4.98 Å². The van der Waals surface area contributed by atoms with Gasteiger partial charge >= 0.3 is 0 Å². The van der Waals surface area contributed by atoms with Crippen LogP contribution in [0.1, 0.15) is 32.1 Å². The number of aliphatic hydroxyl groups is 1. The zero-order valence-electron chi connectivity index (χ0n) is 21.3. The first-order valence-electron chi connectivity index (χ1n) is 13.4. The Morgan fingerprint density at radius 1 is 0.846 bits per heavy atom. The topological polar surface area (TPSA) is 128 Å². The molecule has 1 fully saturated rings. The summed E-state index contributed by atoms with van der Waals surface area (Å²) < 4.78 is 0. The number of hydrogen-bond acceptors (Lipinski definition) is 7. The summed E-state index contributed by atoms with van der Waals surface area (Å²) in [5, 5.41) is 22.7. The van der Waals surface area contributed by atoms with E-state index in [-0.39, 0.29) is 5.92 Å². The van der Waals surface area contributed by atoms with Crippen molar-refractivity contribution in [3.8, 4) is 33.8 Å². The fraction of sp³-hybridized carbons (Fsp3) is 0.233. The second kappa shape index (κ2) is 9.92. The van der Waals surface area contributed by atoms with Crippen molar-refractivity contribution >= 4 is 27.6 Å². The molecule has 9 nitrogen and oxygen atoms in total. The monoisotopic (exact) mass is 516 g/mol. The molecular weight excluding hydrogens is 488 g/mol. The van der Waals surface area contributed by atoms with Crippen LogP contribution in [-0.2, 0) is 0 Å². The second-order valence-electron chi connectivity index (χ2n) is 10.2. The van der Waals surface area contributed by atoms with Gasteiger partial charge in [-0.1, -0.05) is 31.4 Å². The lowest BCUT2D eigenvalue weighted by Crippen LogP contribution is -2.30. The van der Waals surface area contributed by atoms with Gasteiger partial charge in [-0.2, -0.15) is 5.10 Å². The second-order valence-corrected chi connectivity index (χ2v) is 10.2. The number of benzene rings is 1. The van der Waals surface area contributed by atoms with Gasteiger partial charge < -0.3 is 15.4 Å². The minimum absolute atomic E-state index is 0.282. The van der Waals surface area contributed by atoms with E-state index in [1.165, 1.54) is 19.3 Å². The van der Waals surface area contributed by atoms with Crippen molar-refractivity contribution in [1.29, 1.82) is 0 Å². The van der Waals surface area contributed by atoms with E-state index in [0.29, 0.717) is 5.82 Å². The molecule has 5 heterocycles. The lowest BCUT2D eigenvalue weighted by molar-refractivity contribution is 0.109. The number of nitrogens with one attached hydrogen (secondary N) is 3. The van der Waals surface area contributed by atoms with E-state index in [2.05, 4.69) is 41.5 Å². The molecule has 1 aliphatic carbocycles. The summed E-state index contributed by atoms with van der Waals surface area (Å²) >= 11 is 0. The van der Waals surface area contributed by atoms with Crippen LogP contribution in [0.2, 0.25) is 0 Å². The Morgan fingerprint density at radius 3 is 2.59 bits per heavy atom. The maximum Gasteiger partial charge on any atom is 0.159 e. The number of imidazole rings is 1. The maximum absolute atomic E-state index is 10.7. The first kappa shape index (κ1) is 23.5. The average Bonchev–Trinajstić information content (AvgIpc) is 3.62. The molecule has 1 aromatic carbocycles. The summed E-state index contributed by atoms with van der Waals surface area (Å²) in [5.74, 6) is 0.945. The molecule has 9 heteroatoms. The van der Waals surface area contributed by atoms with Crippen molar-refractivity contribution in [1.82, 2.24) is 35.1 Å². The predicted molar refractivity (Wildman–Crippen MR) is 152 cm³/mol. The summed E-state index contributed by atoms with van der Waals surface area (Å²) in [6, 6.07) is 12.1. The number of H-pyrrole nitrogens is 2. The molecule has 1 aliphatic rings. The molecule has 1 saturated carbocycles. The van der Waals surface area contributed by atoms with Crippen LogP contribution in [0.15, 0.2) is 73.6 Å². The van der Waals surface area contributed by atoms with Crippen molar-refractivity contribution in [2.45, 2.75) is 38.3 Å². The summed E-state index contributed by atoms with van der Waals surface area (Å²) in [7, 11) is 0. The zero-order chi connectivity index (χ0) is 26.2. The molecule has 0 saturated heterocycles. The highest BCUT2D eigenvalue weighted by Gasteiger charge is 2.22. The van der Waals surface area contributed by atoms with E-state index in [1.54, 1.807) is 18.6 Å². The normalized spacial score (nSPS) is 15.1. The van der Waals surface area contributed by atoms with Crippen molar-refractivity contribution in [2.75, 3.05) is 5.32 Å². The lowest BCUT2D eigenvalue weighted by atomic mass is 9.88. The third-order valence-corrected chi connectivity index (χ3v) is 7.64. The summed E-state index contributed by atoms with van der Waals surface area (Å²) in [6.07, 6.45) is 15.9. The average molecular weight is 517 g/mol. The van der Waals surface area contributed by atoms with Crippen molar-refractivity contribution in [2.24, 2.45) is 5.92 Å². The van der Waals surface area contributed by atoms with Crippen molar-refractivity contribution in [3.63, 3.8) is 0 Å². The van der Waals surface area contributed by atoms with Crippen LogP contribution < -0.4 is 5.32 Å². The minimum atomic E-state index is -0.565. The highest BCUT2D eigenvalue weighted by atomic mass is 16.3. The zero-order valence-corrected chi connectivity index (χ0v) is 21.3. The van der Waals surface area contributed by atoms with Gasteiger partial charge in [0, 0.05) is 52.8 Å². The molecule has 7 rings (SSSR count). The minimum Gasteiger partial charge on any atom is -0.374 e. The Balaban J connectivity index is 1.22. The van der Waals surface area contributed by atoms with Crippen LogP contribution in [0.5, 0.6) is 0 Å². The third-order valence-electron chi connectivity index (χ3n) is 7.64. The number of aliphatic hydroxyl groups excluding tert-OH is 1. The van der Waals surface area contributed by atoms with Gasteiger partial charge in [0.1, 0.15) is 17.4 Å². The summed E-state index contributed by atoms with van der Waals surface area (Å²) in [5.41, 5.74) is 7.93. The number of nitrogens with zero attached hydrogens (tertiary/aromatic N) is 5. The van der Waals surface area contributed by atoms with Gasteiger partial charge in [0.05, 0.1) is 29.1 Å². The van der Waals surface area contributed by atoms with Crippen molar-refractivity contribution < 1.29 is 5.11 Å². The highest BCUT2D eigenvalue weighted by molar-refractivity contribution is 5.98. The Hall–Kier alpha value is -4.63. The number of anilines is 1. The molecule has 0 bridgehead atoms. The molecule has 5 aromatic heterocycles. The predicted octanol–water partition coefficient (Wildman–Crippen LogP) is 5.94. The fourth-order valence-corrected chi connectivity index (χ4v) is 5.57. The fourth-order valence-electron chi connectivity index (χ4n) is 5.57. The van der Waals surface area contributed by atoms with Crippen LogP contribution in [0.25, 0.3) is 55.7 Å². The first-order valence-corrected chi connectivity index (χ1v) is 13.4. The largest absolute Gasteiger partial charge is 0.374 e. The van der Waals surface area contributed by atoms with Crippen molar-refractivity contribution in [3.05, 3.63) is 73.6 Å². The molecule has 1 unspecified atom stereocenters. The van der Waals surface area contributed by atoms with Gasteiger partial charge in [0.2, 0.25) is 0 Å². The molecule has 0 spiro atoms. The first-order chi connectivity index (χ1) is 19.2. The van der Waals surface area contributed by atoms with Gasteiger partial charge in [-0.15, -0.1) is 0 Å². The maximum atomic E-state index is 10.7. The van der Waals surface area contributed by atoms with E-state index < -0.39 is 6.23 Å². The number of aromatic nitrogens is 7. The van der Waals surface area contributed by atoms with Crippen LogP contribution in [-0.4, -0.2) is 46.5 Å². The highest BCUT2D eigenvalue weighted by Crippen LogP contribution is 2.33. The standard InChI is InChI=1S/C30H28N8O/c39-30(18-5-2-1-3-6-18)34-22-11-21(14-32-15-22)19-8-9-25-23(12-19)28(38-37-25)29-35-26-17-33-16-24(27(26)36-29)20-7-4-10-31-13-20/h4,7-18,30,34,39H,1-3,5-6H2,(H,35,36)(H,37,38). The Labute approximate surface area is 224 Å². The summed E-state index contributed by atoms with van der Waals surface area (Å²) in [4.78, 5) is 21.4. The Kier molecular flexibility index (Phi) is 5.97. The third kappa shape index (κ3) is 4.51. The number of aromatic amines is 2. The number of hydrogen-bond donors (Lipinski definition) is 4. The molecule has 4 N–H and O–H groups in total. The van der Waals surface area contributed by atoms with Crippen LogP contribution in [0, 0.1) is 5.92 Å². The van der Waals surface area contributed by atoms with Gasteiger partial charge in [0.15, 0.2) is 5.82 Å². The SMILES string of the molecule is OC(Nc1cncc(-c2ccc3[nH]nc(-c4nc5c(-c6cccnc6)cncc5[nH]4)c3c2)c1)C1CCCCC1. The van der Waals surface area contributed by atoms with Gasteiger partial charge in [0.25, 0.3) is 0 Å². The Morgan fingerprint density at radius 2 is 1.72 bits per heavy atom. The van der Waals surface area contributed by atoms with E-state index >= 15 is 0 Å². The molecule has 0 radical (unpaired) electrons. The quantitative estimate of drug-likeness (QED) is 0.202. The Bertz CT molecular complexity index is 1750. The molecular formula is C30H28N8O.